The largest absolute Gasteiger partial charge is 0.260 e. The summed E-state index contributed by atoms with van der Waals surface area (Å²) in [5.41, 5.74) is 1.61. The molecule has 0 N–H and O–H groups in total. The van der Waals surface area contributed by atoms with Crippen LogP contribution in [0.3, 0.4) is 0 Å². The average molecular weight is 260 g/mol. The predicted molar refractivity (Wildman–Crippen MR) is 67.1 cm³/mol. The summed E-state index contributed by atoms with van der Waals surface area (Å²) in [6, 6.07) is 12.6. The van der Waals surface area contributed by atoms with Crippen molar-refractivity contribution >= 4 is 10.0 Å². The third-order valence-electron chi connectivity index (χ3n) is 3.00. The van der Waals surface area contributed by atoms with E-state index in [-0.39, 0.29) is 0 Å². The van der Waals surface area contributed by atoms with Gasteiger partial charge in [-0.3, -0.25) is 4.98 Å². The molecular weight excluding hydrogens is 248 g/mol. The number of rotatable bonds is 2. The van der Waals surface area contributed by atoms with Crippen molar-refractivity contribution in [3.8, 4) is 0 Å². The van der Waals surface area contributed by atoms with Gasteiger partial charge in [0.2, 0.25) is 10.0 Å². The van der Waals surface area contributed by atoms with Crippen LogP contribution < -0.4 is 0 Å². The Kier molecular flexibility index (Phi) is 2.65. The molecule has 0 aliphatic carbocycles. The minimum Gasteiger partial charge on any atom is -0.260 e. The van der Waals surface area contributed by atoms with Gasteiger partial charge in [0.15, 0.2) is 0 Å². The van der Waals surface area contributed by atoms with E-state index in [4.69, 9.17) is 0 Å². The summed E-state index contributed by atoms with van der Waals surface area (Å²) in [6.45, 7) is 0.743. The smallest absolute Gasteiger partial charge is 0.244 e. The van der Waals surface area contributed by atoms with E-state index in [1.807, 2.05) is 30.3 Å². The summed E-state index contributed by atoms with van der Waals surface area (Å²) in [4.78, 5) is 4.58. The van der Waals surface area contributed by atoms with Crippen LogP contribution in [-0.2, 0) is 23.1 Å². The Balaban J connectivity index is 1.94. The van der Waals surface area contributed by atoms with Crippen molar-refractivity contribution in [3.63, 3.8) is 0 Å². The molecule has 0 atom stereocenters. The van der Waals surface area contributed by atoms with Crippen LogP contribution in [0.1, 0.15) is 11.3 Å². The summed E-state index contributed by atoms with van der Waals surface area (Å²) in [5.74, 6) is 0. The number of pyridine rings is 1. The number of benzene rings is 1. The SMILES string of the molecule is O=S1(=O)c2ccccc2CN1Cc1ccccn1. The van der Waals surface area contributed by atoms with Gasteiger partial charge in [0.1, 0.15) is 0 Å². The maximum Gasteiger partial charge on any atom is 0.244 e. The number of nitrogens with zero attached hydrogens (tertiary/aromatic N) is 2. The third-order valence-corrected chi connectivity index (χ3v) is 4.89. The van der Waals surface area contributed by atoms with E-state index in [2.05, 4.69) is 4.98 Å². The fourth-order valence-electron chi connectivity index (χ4n) is 2.11. The molecule has 1 aliphatic rings. The number of fused-ring (bicyclic) bond motifs is 1. The molecule has 0 radical (unpaired) electrons. The summed E-state index contributed by atoms with van der Waals surface area (Å²) in [7, 11) is -3.35. The first-order chi connectivity index (χ1) is 8.68. The Morgan fingerprint density at radius 2 is 1.89 bits per heavy atom. The average Bonchev–Trinajstić information content (AvgIpc) is 2.63. The minimum absolute atomic E-state index is 0.317. The zero-order valence-corrected chi connectivity index (χ0v) is 10.5. The van der Waals surface area contributed by atoms with Crippen molar-refractivity contribution in [2.75, 3.05) is 0 Å². The molecular formula is C13H12N2O2S. The highest BCUT2D eigenvalue weighted by Gasteiger charge is 2.34. The summed E-state index contributed by atoms with van der Waals surface area (Å²) in [6.07, 6.45) is 1.67. The van der Waals surface area contributed by atoms with E-state index >= 15 is 0 Å². The van der Waals surface area contributed by atoms with Gasteiger partial charge in [-0.15, -0.1) is 0 Å². The standard InChI is InChI=1S/C13H12N2O2S/c16-18(17)13-7-2-1-5-11(13)9-15(18)10-12-6-3-4-8-14-12/h1-8H,9-10H2. The van der Waals surface area contributed by atoms with Crippen LogP contribution >= 0.6 is 0 Å². The zero-order chi connectivity index (χ0) is 12.6. The molecule has 2 heterocycles. The van der Waals surface area contributed by atoms with E-state index in [0.717, 1.165) is 11.3 Å². The van der Waals surface area contributed by atoms with Crippen molar-refractivity contribution in [3.05, 3.63) is 59.9 Å². The van der Waals surface area contributed by atoms with Crippen molar-refractivity contribution in [2.45, 2.75) is 18.0 Å². The van der Waals surface area contributed by atoms with E-state index < -0.39 is 10.0 Å². The fourth-order valence-corrected chi connectivity index (χ4v) is 3.72. The molecule has 1 aromatic carbocycles. The molecule has 3 rings (SSSR count). The Morgan fingerprint density at radius 1 is 1.11 bits per heavy atom. The van der Waals surface area contributed by atoms with Crippen LogP contribution in [0, 0.1) is 0 Å². The summed E-state index contributed by atoms with van der Waals surface area (Å²) < 4.78 is 26.0. The molecule has 1 aliphatic heterocycles. The molecule has 2 aromatic rings. The van der Waals surface area contributed by atoms with Gasteiger partial charge in [-0.25, -0.2) is 8.42 Å². The van der Waals surface area contributed by atoms with Gasteiger partial charge in [0.25, 0.3) is 0 Å². The van der Waals surface area contributed by atoms with E-state index in [9.17, 15) is 8.42 Å². The lowest BCUT2D eigenvalue weighted by atomic mass is 10.2. The topological polar surface area (TPSA) is 50.3 Å². The molecule has 0 amide bonds. The molecule has 5 heteroatoms. The second-order valence-corrected chi connectivity index (χ2v) is 6.11. The Labute approximate surface area is 106 Å². The monoisotopic (exact) mass is 260 g/mol. The number of sulfonamides is 1. The van der Waals surface area contributed by atoms with Crippen LogP contribution in [-0.4, -0.2) is 17.7 Å². The van der Waals surface area contributed by atoms with Gasteiger partial charge in [-0.2, -0.15) is 4.31 Å². The highest BCUT2D eigenvalue weighted by atomic mass is 32.2. The lowest BCUT2D eigenvalue weighted by Crippen LogP contribution is -2.24. The van der Waals surface area contributed by atoms with Crippen molar-refractivity contribution in [1.82, 2.24) is 9.29 Å². The van der Waals surface area contributed by atoms with Gasteiger partial charge >= 0.3 is 0 Å². The van der Waals surface area contributed by atoms with Crippen molar-refractivity contribution in [2.24, 2.45) is 0 Å². The summed E-state index contributed by atoms with van der Waals surface area (Å²) in [5, 5.41) is 0. The lowest BCUT2D eigenvalue weighted by molar-refractivity contribution is 0.415. The second kappa shape index (κ2) is 4.19. The van der Waals surface area contributed by atoms with E-state index in [1.54, 1.807) is 18.3 Å². The maximum atomic E-state index is 12.3. The second-order valence-electron chi connectivity index (χ2n) is 4.20. The van der Waals surface area contributed by atoms with Crippen molar-refractivity contribution in [1.29, 1.82) is 0 Å². The van der Waals surface area contributed by atoms with Crippen LogP contribution in [0.5, 0.6) is 0 Å². The fraction of sp³-hybridized carbons (Fsp3) is 0.154. The lowest BCUT2D eigenvalue weighted by Gasteiger charge is -2.13. The number of hydrogen-bond acceptors (Lipinski definition) is 3. The molecule has 4 nitrogen and oxygen atoms in total. The molecule has 0 unspecified atom stereocenters. The first-order valence-corrected chi connectivity index (χ1v) is 7.10. The molecule has 0 saturated heterocycles. The van der Waals surface area contributed by atoms with Gasteiger partial charge in [-0.05, 0) is 23.8 Å². The Hall–Kier alpha value is -1.72. The Bertz CT molecular complexity index is 668. The molecule has 0 spiro atoms. The van der Waals surface area contributed by atoms with Crippen molar-refractivity contribution < 1.29 is 8.42 Å². The highest BCUT2D eigenvalue weighted by molar-refractivity contribution is 7.89. The number of hydrogen-bond donors (Lipinski definition) is 0. The zero-order valence-electron chi connectivity index (χ0n) is 9.65. The van der Waals surface area contributed by atoms with Gasteiger partial charge in [0.05, 0.1) is 17.1 Å². The van der Waals surface area contributed by atoms with Crippen LogP contribution in [0.15, 0.2) is 53.6 Å². The molecule has 1 aromatic heterocycles. The number of aromatic nitrogens is 1. The Morgan fingerprint density at radius 3 is 2.61 bits per heavy atom. The van der Waals surface area contributed by atoms with E-state index in [0.29, 0.717) is 18.0 Å². The molecule has 0 fully saturated rings. The van der Waals surface area contributed by atoms with Gasteiger partial charge in [0, 0.05) is 12.7 Å². The van der Waals surface area contributed by atoms with Gasteiger partial charge in [-0.1, -0.05) is 24.3 Å². The first-order valence-electron chi connectivity index (χ1n) is 5.66. The maximum absolute atomic E-state index is 12.3. The van der Waals surface area contributed by atoms with Crippen LogP contribution in [0.4, 0.5) is 0 Å². The molecule has 0 bridgehead atoms. The quantitative estimate of drug-likeness (QED) is 0.827. The molecule has 92 valence electrons. The third kappa shape index (κ3) is 1.81. The van der Waals surface area contributed by atoms with Crippen LogP contribution in [0.25, 0.3) is 0 Å². The highest BCUT2D eigenvalue weighted by Crippen LogP contribution is 2.30. The molecule has 18 heavy (non-hydrogen) atoms. The normalized spacial score (nSPS) is 17.6. The minimum atomic E-state index is -3.35. The van der Waals surface area contributed by atoms with E-state index in [1.165, 1.54) is 4.31 Å². The predicted octanol–water partition coefficient (Wildman–Crippen LogP) is 1.79. The first kappa shape index (κ1) is 11.4. The van der Waals surface area contributed by atoms with Crippen LogP contribution in [0.2, 0.25) is 0 Å². The molecule has 0 saturated carbocycles. The summed E-state index contributed by atoms with van der Waals surface area (Å²) >= 11 is 0. The van der Waals surface area contributed by atoms with Gasteiger partial charge < -0.3 is 0 Å².